The second-order valence-electron chi connectivity index (χ2n) is 15.6. The standard InChI is InChI=1S/C42H83NO2/c1-5-7-9-11-17-23-29-38(3)39(4)30-24-18-13-15-21-27-34-43(36-33-42(44)45)35-28-22-16-14-20-26-32-41-37-40(41)31-25-19-12-10-8-6-2/h38-41H,5-37H2,1-4H3,(H,44,45). The molecule has 268 valence electrons. The van der Waals surface area contributed by atoms with E-state index in [2.05, 4.69) is 32.6 Å². The minimum absolute atomic E-state index is 0.288. The van der Waals surface area contributed by atoms with Crippen molar-refractivity contribution in [2.24, 2.45) is 23.7 Å². The molecule has 45 heavy (non-hydrogen) atoms. The van der Waals surface area contributed by atoms with Gasteiger partial charge in [-0.05, 0) is 56.0 Å². The van der Waals surface area contributed by atoms with Crippen LogP contribution in [-0.4, -0.2) is 35.6 Å². The molecule has 1 rings (SSSR count). The first-order chi connectivity index (χ1) is 22.0. The van der Waals surface area contributed by atoms with E-state index in [1.165, 1.54) is 186 Å². The van der Waals surface area contributed by atoms with Gasteiger partial charge >= 0.3 is 5.97 Å². The van der Waals surface area contributed by atoms with Crippen molar-refractivity contribution in [3.63, 3.8) is 0 Å². The van der Waals surface area contributed by atoms with Gasteiger partial charge in [-0.15, -0.1) is 0 Å². The van der Waals surface area contributed by atoms with E-state index in [-0.39, 0.29) is 6.42 Å². The number of carboxylic acid groups (broad SMARTS) is 1. The van der Waals surface area contributed by atoms with Crippen molar-refractivity contribution in [2.75, 3.05) is 19.6 Å². The monoisotopic (exact) mass is 634 g/mol. The smallest absolute Gasteiger partial charge is 0.304 e. The third-order valence-corrected chi connectivity index (χ3v) is 11.3. The van der Waals surface area contributed by atoms with E-state index in [0.717, 1.165) is 43.3 Å². The van der Waals surface area contributed by atoms with Crippen molar-refractivity contribution in [2.45, 2.75) is 220 Å². The summed E-state index contributed by atoms with van der Waals surface area (Å²) in [5, 5.41) is 9.22. The average molecular weight is 634 g/mol. The zero-order valence-corrected chi connectivity index (χ0v) is 31.4. The molecule has 1 fully saturated rings. The number of carbonyl (C=O) groups is 1. The molecule has 0 spiro atoms. The van der Waals surface area contributed by atoms with Gasteiger partial charge < -0.3 is 10.0 Å². The van der Waals surface area contributed by atoms with Crippen LogP contribution in [0.1, 0.15) is 220 Å². The maximum Gasteiger partial charge on any atom is 0.304 e. The lowest BCUT2D eigenvalue weighted by atomic mass is 9.86. The van der Waals surface area contributed by atoms with Gasteiger partial charge in [0.2, 0.25) is 0 Å². The first kappa shape index (κ1) is 42.5. The summed E-state index contributed by atoms with van der Waals surface area (Å²) in [4.78, 5) is 13.6. The highest BCUT2D eigenvalue weighted by atomic mass is 16.4. The molecule has 0 bridgehead atoms. The third kappa shape index (κ3) is 27.1. The topological polar surface area (TPSA) is 40.5 Å². The van der Waals surface area contributed by atoms with Gasteiger partial charge in [0.15, 0.2) is 0 Å². The molecule has 4 unspecified atom stereocenters. The van der Waals surface area contributed by atoms with Gasteiger partial charge in [-0.1, -0.05) is 195 Å². The lowest BCUT2D eigenvalue weighted by Crippen LogP contribution is -2.28. The minimum atomic E-state index is -0.652. The number of hydrogen-bond acceptors (Lipinski definition) is 2. The largest absolute Gasteiger partial charge is 0.481 e. The van der Waals surface area contributed by atoms with E-state index in [0.29, 0.717) is 0 Å². The molecule has 0 aliphatic heterocycles. The van der Waals surface area contributed by atoms with Crippen LogP contribution >= 0.6 is 0 Å². The van der Waals surface area contributed by atoms with Crippen LogP contribution in [0.15, 0.2) is 0 Å². The molecule has 1 saturated carbocycles. The van der Waals surface area contributed by atoms with Crippen LogP contribution in [0.2, 0.25) is 0 Å². The van der Waals surface area contributed by atoms with Crippen molar-refractivity contribution in [3.05, 3.63) is 0 Å². The Morgan fingerprint density at radius 1 is 0.533 bits per heavy atom. The lowest BCUT2D eigenvalue weighted by molar-refractivity contribution is -0.137. The predicted molar refractivity (Wildman–Crippen MR) is 199 cm³/mol. The molecule has 0 saturated heterocycles. The Hall–Kier alpha value is -0.570. The van der Waals surface area contributed by atoms with Crippen LogP contribution in [0.3, 0.4) is 0 Å². The summed E-state index contributed by atoms with van der Waals surface area (Å²) in [6, 6.07) is 0. The summed E-state index contributed by atoms with van der Waals surface area (Å²) in [6.45, 7) is 12.5. The number of nitrogens with zero attached hydrogens (tertiary/aromatic N) is 1. The fraction of sp³-hybridized carbons (Fsp3) is 0.976. The van der Waals surface area contributed by atoms with Gasteiger partial charge in [-0.25, -0.2) is 0 Å². The zero-order chi connectivity index (χ0) is 32.8. The highest BCUT2D eigenvalue weighted by molar-refractivity contribution is 5.66. The first-order valence-corrected chi connectivity index (χ1v) is 20.9. The summed E-state index contributed by atoms with van der Waals surface area (Å²) in [5.41, 5.74) is 0. The second kappa shape index (κ2) is 30.7. The maximum absolute atomic E-state index is 11.2. The summed E-state index contributed by atoms with van der Waals surface area (Å²) in [6.07, 6.45) is 40.9. The Bertz CT molecular complexity index is 636. The molecule has 1 N–H and O–H groups in total. The Balaban J connectivity index is 1.97. The van der Waals surface area contributed by atoms with Gasteiger partial charge in [0.1, 0.15) is 0 Å². The van der Waals surface area contributed by atoms with Gasteiger partial charge in [0.05, 0.1) is 6.42 Å². The van der Waals surface area contributed by atoms with E-state index < -0.39 is 5.97 Å². The maximum atomic E-state index is 11.2. The Morgan fingerprint density at radius 2 is 0.889 bits per heavy atom. The van der Waals surface area contributed by atoms with Crippen LogP contribution < -0.4 is 0 Å². The summed E-state index contributed by atoms with van der Waals surface area (Å²) < 4.78 is 0. The summed E-state index contributed by atoms with van der Waals surface area (Å²) in [5.74, 6) is 3.25. The summed E-state index contributed by atoms with van der Waals surface area (Å²) in [7, 11) is 0. The van der Waals surface area contributed by atoms with Crippen molar-refractivity contribution < 1.29 is 9.90 Å². The Kier molecular flexibility index (Phi) is 29.0. The van der Waals surface area contributed by atoms with Crippen molar-refractivity contribution >= 4 is 5.97 Å². The summed E-state index contributed by atoms with van der Waals surface area (Å²) >= 11 is 0. The molecule has 0 amide bonds. The molecule has 0 aromatic carbocycles. The number of unbranched alkanes of at least 4 members (excludes halogenated alkanes) is 20. The number of rotatable bonds is 36. The molecule has 0 aromatic heterocycles. The van der Waals surface area contributed by atoms with E-state index in [9.17, 15) is 9.90 Å². The Morgan fingerprint density at radius 3 is 1.29 bits per heavy atom. The van der Waals surface area contributed by atoms with Crippen molar-refractivity contribution in [1.82, 2.24) is 4.90 Å². The fourth-order valence-electron chi connectivity index (χ4n) is 7.57. The molecule has 1 aliphatic carbocycles. The van der Waals surface area contributed by atoms with Crippen LogP contribution in [0.25, 0.3) is 0 Å². The number of hydrogen-bond donors (Lipinski definition) is 1. The van der Waals surface area contributed by atoms with Gasteiger partial charge in [0, 0.05) is 6.54 Å². The lowest BCUT2D eigenvalue weighted by Gasteiger charge is -2.21. The average Bonchev–Trinajstić information content (AvgIpc) is 3.78. The Labute approximate surface area is 283 Å². The molecule has 0 radical (unpaired) electrons. The molecule has 1 aliphatic rings. The van der Waals surface area contributed by atoms with Gasteiger partial charge in [-0.3, -0.25) is 4.79 Å². The van der Waals surface area contributed by atoms with Crippen LogP contribution in [0.4, 0.5) is 0 Å². The van der Waals surface area contributed by atoms with E-state index in [1.807, 2.05) is 0 Å². The van der Waals surface area contributed by atoms with Gasteiger partial charge in [0.25, 0.3) is 0 Å². The van der Waals surface area contributed by atoms with E-state index in [1.54, 1.807) is 0 Å². The highest BCUT2D eigenvalue weighted by Gasteiger charge is 2.35. The number of carboxylic acids is 1. The molecule has 4 atom stereocenters. The number of aliphatic carboxylic acids is 1. The van der Waals surface area contributed by atoms with E-state index in [4.69, 9.17) is 0 Å². The molecular weight excluding hydrogens is 550 g/mol. The molecule has 3 nitrogen and oxygen atoms in total. The zero-order valence-electron chi connectivity index (χ0n) is 31.4. The van der Waals surface area contributed by atoms with Gasteiger partial charge in [-0.2, -0.15) is 0 Å². The van der Waals surface area contributed by atoms with Crippen LogP contribution in [0.5, 0.6) is 0 Å². The molecule has 0 aromatic rings. The van der Waals surface area contributed by atoms with Crippen LogP contribution in [-0.2, 0) is 4.79 Å². The van der Waals surface area contributed by atoms with Crippen LogP contribution in [0, 0.1) is 23.7 Å². The van der Waals surface area contributed by atoms with E-state index >= 15 is 0 Å². The first-order valence-electron chi connectivity index (χ1n) is 20.9. The second-order valence-corrected chi connectivity index (χ2v) is 15.6. The molecule has 3 heteroatoms. The minimum Gasteiger partial charge on any atom is -0.481 e. The molecular formula is C42H83NO2. The highest BCUT2D eigenvalue weighted by Crippen LogP contribution is 2.45. The van der Waals surface area contributed by atoms with Crippen molar-refractivity contribution in [3.8, 4) is 0 Å². The normalized spacial score (nSPS) is 17.6. The molecule has 0 heterocycles. The predicted octanol–water partition coefficient (Wildman–Crippen LogP) is 13.6. The SMILES string of the molecule is CCCCCCCCC(C)C(C)CCCCCCCCN(CCCCCCCCC1CC1CCCCCCCC)CCC(=O)O. The third-order valence-electron chi connectivity index (χ3n) is 11.3. The quantitative estimate of drug-likeness (QED) is 0.0698. The van der Waals surface area contributed by atoms with Crippen molar-refractivity contribution in [1.29, 1.82) is 0 Å². The fourth-order valence-corrected chi connectivity index (χ4v) is 7.57.